The molecular weight excluding hydrogens is 383 g/mol. The maximum absolute atomic E-state index is 14.0. The Morgan fingerprint density at radius 2 is 1.83 bits per heavy atom. The van der Waals surface area contributed by atoms with Gasteiger partial charge in [-0.3, -0.25) is 9.59 Å². The Morgan fingerprint density at radius 3 is 2.57 bits per heavy atom. The van der Waals surface area contributed by atoms with Gasteiger partial charge in [0.2, 0.25) is 5.76 Å². The molecule has 1 unspecified atom stereocenters. The van der Waals surface area contributed by atoms with Gasteiger partial charge in [0.1, 0.15) is 11.4 Å². The van der Waals surface area contributed by atoms with E-state index in [1.54, 1.807) is 41.3 Å². The SMILES string of the molecule is CCN(CC)CCCN1C(=O)c2oc3ccccc3c(=O)c2C1c1cccc(F)c1. The van der Waals surface area contributed by atoms with Crippen molar-refractivity contribution in [3.8, 4) is 0 Å². The van der Waals surface area contributed by atoms with Crippen LogP contribution in [0.5, 0.6) is 0 Å². The van der Waals surface area contributed by atoms with Crippen molar-refractivity contribution in [2.75, 3.05) is 26.2 Å². The van der Waals surface area contributed by atoms with Crippen LogP contribution >= 0.6 is 0 Å². The van der Waals surface area contributed by atoms with E-state index >= 15 is 0 Å². The second-order valence-corrected chi connectivity index (χ2v) is 7.51. The second kappa shape index (κ2) is 8.40. The van der Waals surface area contributed by atoms with E-state index in [1.807, 2.05) is 0 Å². The molecule has 2 aromatic carbocycles. The summed E-state index contributed by atoms with van der Waals surface area (Å²) in [7, 11) is 0. The van der Waals surface area contributed by atoms with Crippen molar-refractivity contribution in [3.05, 3.63) is 81.5 Å². The van der Waals surface area contributed by atoms with Crippen molar-refractivity contribution in [1.82, 2.24) is 9.80 Å². The first-order chi connectivity index (χ1) is 14.5. The average molecular weight is 408 g/mol. The molecule has 0 aliphatic carbocycles. The fraction of sp³-hybridized carbons (Fsp3) is 0.333. The number of benzene rings is 2. The van der Waals surface area contributed by atoms with Crippen LogP contribution in [0.3, 0.4) is 0 Å². The zero-order valence-corrected chi connectivity index (χ0v) is 17.2. The molecular formula is C24H25FN2O3. The van der Waals surface area contributed by atoms with Crippen LogP contribution in [-0.2, 0) is 0 Å². The highest BCUT2D eigenvalue weighted by Crippen LogP contribution is 2.38. The third-order valence-corrected chi connectivity index (χ3v) is 5.81. The van der Waals surface area contributed by atoms with Crippen molar-refractivity contribution < 1.29 is 13.6 Å². The van der Waals surface area contributed by atoms with Crippen LogP contribution in [0.4, 0.5) is 4.39 Å². The molecule has 3 aromatic rings. The predicted molar refractivity (Wildman–Crippen MR) is 114 cm³/mol. The molecule has 1 amide bonds. The van der Waals surface area contributed by atoms with E-state index in [-0.39, 0.29) is 17.1 Å². The fourth-order valence-corrected chi connectivity index (χ4v) is 4.23. The zero-order chi connectivity index (χ0) is 21.3. The lowest BCUT2D eigenvalue weighted by Crippen LogP contribution is -2.33. The molecule has 0 fully saturated rings. The summed E-state index contributed by atoms with van der Waals surface area (Å²) in [6, 6.07) is 12.4. The zero-order valence-electron chi connectivity index (χ0n) is 17.2. The van der Waals surface area contributed by atoms with Gasteiger partial charge in [-0.2, -0.15) is 0 Å². The molecule has 0 radical (unpaired) electrons. The third-order valence-electron chi connectivity index (χ3n) is 5.81. The van der Waals surface area contributed by atoms with E-state index in [0.29, 0.717) is 28.6 Å². The van der Waals surface area contributed by atoms with Gasteiger partial charge in [0.15, 0.2) is 5.43 Å². The van der Waals surface area contributed by atoms with Crippen LogP contribution in [0, 0.1) is 5.82 Å². The molecule has 6 heteroatoms. The number of fused-ring (bicyclic) bond motifs is 2. The average Bonchev–Trinajstić information content (AvgIpc) is 3.03. The van der Waals surface area contributed by atoms with Crippen LogP contribution in [0.15, 0.2) is 57.7 Å². The number of halogens is 1. The number of carbonyl (C=O) groups excluding carboxylic acids is 1. The molecule has 4 rings (SSSR count). The lowest BCUT2D eigenvalue weighted by Gasteiger charge is -2.26. The van der Waals surface area contributed by atoms with Gasteiger partial charge in [0.05, 0.1) is 17.0 Å². The first-order valence-electron chi connectivity index (χ1n) is 10.4. The van der Waals surface area contributed by atoms with Gasteiger partial charge in [-0.25, -0.2) is 4.39 Å². The van der Waals surface area contributed by atoms with E-state index in [2.05, 4.69) is 18.7 Å². The summed E-state index contributed by atoms with van der Waals surface area (Å²) in [5.74, 6) is -0.654. The van der Waals surface area contributed by atoms with E-state index in [1.165, 1.54) is 12.1 Å². The molecule has 0 spiro atoms. The molecule has 2 heterocycles. The van der Waals surface area contributed by atoms with Crippen molar-refractivity contribution in [2.45, 2.75) is 26.3 Å². The monoisotopic (exact) mass is 408 g/mol. The topological polar surface area (TPSA) is 53.8 Å². The van der Waals surface area contributed by atoms with E-state index < -0.39 is 11.9 Å². The minimum Gasteiger partial charge on any atom is -0.450 e. The van der Waals surface area contributed by atoms with Gasteiger partial charge in [-0.15, -0.1) is 0 Å². The minimum atomic E-state index is -0.652. The summed E-state index contributed by atoms with van der Waals surface area (Å²) in [5, 5.41) is 0.426. The highest BCUT2D eigenvalue weighted by molar-refractivity contribution is 5.99. The molecule has 0 saturated heterocycles. The van der Waals surface area contributed by atoms with Crippen LogP contribution in [0.25, 0.3) is 11.0 Å². The number of amides is 1. The number of nitrogens with zero attached hydrogens (tertiary/aromatic N) is 2. The van der Waals surface area contributed by atoms with Gasteiger partial charge >= 0.3 is 0 Å². The number of hydrogen-bond donors (Lipinski definition) is 0. The van der Waals surface area contributed by atoms with Gasteiger partial charge in [0.25, 0.3) is 5.91 Å². The standard InChI is InChI=1S/C24H25FN2O3/c1-3-26(4-2)13-8-14-27-21(16-9-7-10-17(25)15-16)20-22(28)18-11-5-6-12-19(18)30-23(20)24(27)29/h5-7,9-12,15,21H,3-4,8,13-14H2,1-2H3. The predicted octanol–water partition coefficient (Wildman–Crippen LogP) is 4.21. The fourth-order valence-electron chi connectivity index (χ4n) is 4.23. The van der Waals surface area contributed by atoms with Crippen molar-refractivity contribution in [2.24, 2.45) is 0 Å². The first kappa shape index (κ1) is 20.3. The highest BCUT2D eigenvalue weighted by atomic mass is 19.1. The Labute approximate surface area is 174 Å². The Morgan fingerprint density at radius 1 is 1.07 bits per heavy atom. The maximum Gasteiger partial charge on any atom is 0.290 e. The van der Waals surface area contributed by atoms with E-state index in [9.17, 15) is 14.0 Å². The highest BCUT2D eigenvalue weighted by Gasteiger charge is 2.42. The first-order valence-corrected chi connectivity index (χ1v) is 10.4. The van der Waals surface area contributed by atoms with Gasteiger partial charge in [0, 0.05) is 6.54 Å². The van der Waals surface area contributed by atoms with E-state index in [4.69, 9.17) is 4.42 Å². The largest absolute Gasteiger partial charge is 0.450 e. The molecule has 0 bridgehead atoms. The third kappa shape index (κ3) is 3.52. The summed E-state index contributed by atoms with van der Waals surface area (Å²) in [5.41, 5.74) is 1.03. The number of carbonyl (C=O) groups is 1. The summed E-state index contributed by atoms with van der Waals surface area (Å²) in [6.45, 7) is 7.36. The summed E-state index contributed by atoms with van der Waals surface area (Å²) >= 11 is 0. The van der Waals surface area contributed by atoms with Crippen LogP contribution in [0.2, 0.25) is 0 Å². The maximum atomic E-state index is 14.0. The molecule has 5 nitrogen and oxygen atoms in total. The number of hydrogen-bond acceptors (Lipinski definition) is 4. The molecule has 1 aliphatic rings. The van der Waals surface area contributed by atoms with Gasteiger partial charge in [-0.1, -0.05) is 38.1 Å². The van der Waals surface area contributed by atoms with Crippen molar-refractivity contribution in [1.29, 1.82) is 0 Å². The van der Waals surface area contributed by atoms with Crippen molar-refractivity contribution in [3.63, 3.8) is 0 Å². The Hall–Kier alpha value is -2.99. The van der Waals surface area contributed by atoms with E-state index in [0.717, 1.165) is 26.1 Å². The lowest BCUT2D eigenvalue weighted by atomic mass is 9.98. The van der Waals surface area contributed by atoms with Gasteiger partial charge in [-0.05, 0) is 55.9 Å². The van der Waals surface area contributed by atoms with Crippen molar-refractivity contribution >= 4 is 16.9 Å². The quantitative estimate of drug-likeness (QED) is 0.588. The minimum absolute atomic E-state index is 0.0656. The Balaban J connectivity index is 1.79. The number of para-hydroxylation sites is 1. The van der Waals surface area contributed by atoms with Crippen LogP contribution in [0.1, 0.15) is 48.0 Å². The molecule has 156 valence electrons. The van der Waals surface area contributed by atoms with Gasteiger partial charge < -0.3 is 14.2 Å². The normalized spacial score (nSPS) is 15.9. The molecule has 1 aliphatic heterocycles. The van der Waals surface area contributed by atoms with Crippen LogP contribution < -0.4 is 5.43 Å². The Kier molecular flexibility index (Phi) is 5.68. The second-order valence-electron chi connectivity index (χ2n) is 7.51. The summed E-state index contributed by atoms with van der Waals surface area (Å²) in [4.78, 5) is 30.5. The summed E-state index contributed by atoms with van der Waals surface area (Å²) in [6.07, 6.45) is 0.751. The summed E-state index contributed by atoms with van der Waals surface area (Å²) < 4.78 is 19.9. The smallest absolute Gasteiger partial charge is 0.290 e. The molecule has 1 atom stereocenters. The molecule has 30 heavy (non-hydrogen) atoms. The molecule has 0 saturated carbocycles. The number of rotatable bonds is 7. The van der Waals surface area contributed by atoms with Crippen LogP contribution in [-0.4, -0.2) is 41.9 Å². The Bertz CT molecular complexity index is 1140. The molecule has 1 aromatic heterocycles. The lowest BCUT2D eigenvalue weighted by molar-refractivity contribution is 0.0720. The molecule has 0 N–H and O–H groups in total.